The molecule has 0 fully saturated rings. The second-order valence-corrected chi connectivity index (χ2v) is 2.49. The van der Waals surface area contributed by atoms with Crippen molar-refractivity contribution in [1.29, 1.82) is 0 Å². The lowest BCUT2D eigenvalue weighted by atomic mass is 10.3. The first-order valence-electron chi connectivity index (χ1n) is 3.94. The monoisotopic (exact) mass is 168 g/mol. The molecule has 1 amide bonds. The number of aromatic amines is 1. The fraction of sp³-hybridized carbons (Fsp3) is 0.571. The molecule has 5 nitrogen and oxygen atoms in total. The molecule has 1 heterocycles. The lowest BCUT2D eigenvalue weighted by Gasteiger charge is -1.99. The van der Waals surface area contributed by atoms with Gasteiger partial charge in [-0.2, -0.15) is 15.4 Å². The highest BCUT2D eigenvalue weighted by Crippen LogP contribution is 1.90. The normalized spacial score (nSPS) is 9.75. The quantitative estimate of drug-likeness (QED) is 0.675. The van der Waals surface area contributed by atoms with Gasteiger partial charge in [0.15, 0.2) is 0 Å². The molecule has 12 heavy (non-hydrogen) atoms. The molecule has 1 aromatic heterocycles. The van der Waals surface area contributed by atoms with E-state index in [-0.39, 0.29) is 5.91 Å². The minimum Gasteiger partial charge on any atom is -0.350 e. The van der Waals surface area contributed by atoms with Crippen molar-refractivity contribution >= 4 is 5.91 Å². The van der Waals surface area contributed by atoms with E-state index in [1.54, 1.807) is 6.20 Å². The van der Waals surface area contributed by atoms with Gasteiger partial charge in [0.2, 0.25) is 5.91 Å². The van der Waals surface area contributed by atoms with E-state index in [2.05, 4.69) is 20.7 Å². The molecule has 1 aromatic rings. The highest BCUT2D eigenvalue weighted by molar-refractivity contribution is 5.75. The average Bonchev–Trinajstić information content (AvgIpc) is 2.53. The lowest BCUT2D eigenvalue weighted by molar-refractivity contribution is -0.121. The van der Waals surface area contributed by atoms with E-state index in [4.69, 9.17) is 0 Å². The number of hydrogen-bond acceptors (Lipinski definition) is 3. The number of nitrogens with zero attached hydrogens (tertiary/aromatic N) is 2. The SMILES string of the molecule is CCCC(=O)NCc1cn[nH]n1. The van der Waals surface area contributed by atoms with Gasteiger partial charge in [-0.3, -0.25) is 4.79 Å². The maximum absolute atomic E-state index is 11.0. The first-order valence-corrected chi connectivity index (χ1v) is 3.94. The van der Waals surface area contributed by atoms with Gasteiger partial charge in [-0.25, -0.2) is 0 Å². The first-order chi connectivity index (χ1) is 5.83. The van der Waals surface area contributed by atoms with Gasteiger partial charge < -0.3 is 5.32 Å². The Morgan fingerprint density at radius 1 is 1.75 bits per heavy atom. The molecule has 0 bridgehead atoms. The van der Waals surface area contributed by atoms with E-state index in [1.165, 1.54) is 0 Å². The predicted molar refractivity (Wildman–Crippen MR) is 43.1 cm³/mol. The van der Waals surface area contributed by atoms with Crippen LogP contribution in [0.1, 0.15) is 25.5 Å². The minimum absolute atomic E-state index is 0.0560. The maximum atomic E-state index is 11.0. The van der Waals surface area contributed by atoms with E-state index in [1.807, 2.05) is 6.92 Å². The van der Waals surface area contributed by atoms with Crippen LogP contribution in [0.3, 0.4) is 0 Å². The van der Waals surface area contributed by atoms with Crippen LogP contribution in [0.5, 0.6) is 0 Å². The van der Waals surface area contributed by atoms with Crippen LogP contribution < -0.4 is 5.32 Å². The van der Waals surface area contributed by atoms with Gasteiger partial charge in [-0.05, 0) is 6.42 Å². The molecule has 2 N–H and O–H groups in total. The molecule has 0 atom stereocenters. The lowest BCUT2D eigenvalue weighted by Crippen LogP contribution is -2.22. The Bertz CT molecular complexity index is 232. The third kappa shape index (κ3) is 2.69. The predicted octanol–water partition coefficient (Wildman–Crippen LogP) is 0.221. The number of hydrogen-bond donors (Lipinski definition) is 2. The van der Waals surface area contributed by atoms with Crippen LogP contribution in [0.2, 0.25) is 0 Å². The Kier molecular flexibility index (Phi) is 3.25. The number of carbonyl (C=O) groups is 1. The minimum atomic E-state index is 0.0560. The number of amides is 1. The summed E-state index contributed by atoms with van der Waals surface area (Å²) >= 11 is 0. The molecule has 0 aromatic carbocycles. The van der Waals surface area contributed by atoms with Gasteiger partial charge >= 0.3 is 0 Å². The molecule has 5 heteroatoms. The molecule has 0 saturated carbocycles. The molecule has 0 spiro atoms. The molecule has 0 aliphatic rings. The zero-order chi connectivity index (χ0) is 8.81. The number of aromatic nitrogens is 3. The Morgan fingerprint density at radius 2 is 2.58 bits per heavy atom. The largest absolute Gasteiger partial charge is 0.350 e. The van der Waals surface area contributed by atoms with Crippen molar-refractivity contribution in [2.24, 2.45) is 0 Å². The van der Waals surface area contributed by atoms with E-state index >= 15 is 0 Å². The summed E-state index contributed by atoms with van der Waals surface area (Å²) < 4.78 is 0. The van der Waals surface area contributed by atoms with Crippen molar-refractivity contribution in [2.45, 2.75) is 26.3 Å². The van der Waals surface area contributed by atoms with Gasteiger partial charge in [-0.1, -0.05) is 6.92 Å². The molecule has 1 rings (SSSR count). The van der Waals surface area contributed by atoms with E-state index < -0.39 is 0 Å². The Labute approximate surface area is 70.6 Å². The molecule has 0 saturated heterocycles. The molecule has 0 aliphatic heterocycles. The molecule has 0 aliphatic carbocycles. The molecule has 66 valence electrons. The molecular weight excluding hydrogens is 156 g/mol. The van der Waals surface area contributed by atoms with E-state index in [9.17, 15) is 4.79 Å². The smallest absolute Gasteiger partial charge is 0.220 e. The molecule has 0 radical (unpaired) electrons. The molecule has 0 unspecified atom stereocenters. The highest BCUT2D eigenvalue weighted by atomic mass is 16.1. The second kappa shape index (κ2) is 4.48. The van der Waals surface area contributed by atoms with Crippen LogP contribution in [0.4, 0.5) is 0 Å². The average molecular weight is 168 g/mol. The van der Waals surface area contributed by atoms with Gasteiger partial charge in [0, 0.05) is 6.42 Å². The summed E-state index contributed by atoms with van der Waals surface area (Å²) in [4.78, 5) is 11.0. The van der Waals surface area contributed by atoms with Crippen molar-refractivity contribution in [2.75, 3.05) is 0 Å². The number of carbonyl (C=O) groups excluding carboxylic acids is 1. The van der Waals surface area contributed by atoms with Crippen molar-refractivity contribution in [3.63, 3.8) is 0 Å². The van der Waals surface area contributed by atoms with Crippen LogP contribution in [0, 0.1) is 0 Å². The van der Waals surface area contributed by atoms with Gasteiger partial charge in [-0.15, -0.1) is 0 Å². The van der Waals surface area contributed by atoms with Crippen molar-refractivity contribution < 1.29 is 4.79 Å². The number of nitrogens with one attached hydrogen (secondary N) is 2. The third-order valence-electron chi connectivity index (χ3n) is 1.41. The fourth-order valence-corrected chi connectivity index (χ4v) is 0.815. The van der Waals surface area contributed by atoms with Crippen LogP contribution >= 0.6 is 0 Å². The Morgan fingerprint density at radius 3 is 3.17 bits per heavy atom. The zero-order valence-corrected chi connectivity index (χ0v) is 7.00. The number of rotatable bonds is 4. The second-order valence-electron chi connectivity index (χ2n) is 2.49. The fourth-order valence-electron chi connectivity index (χ4n) is 0.815. The van der Waals surface area contributed by atoms with Crippen molar-refractivity contribution in [3.05, 3.63) is 11.9 Å². The summed E-state index contributed by atoms with van der Waals surface area (Å²) in [6.45, 7) is 2.42. The third-order valence-corrected chi connectivity index (χ3v) is 1.41. The summed E-state index contributed by atoms with van der Waals surface area (Å²) in [5.41, 5.74) is 0.749. The zero-order valence-electron chi connectivity index (χ0n) is 7.00. The van der Waals surface area contributed by atoms with Crippen LogP contribution in [0.25, 0.3) is 0 Å². The highest BCUT2D eigenvalue weighted by Gasteiger charge is 1.99. The van der Waals surface area contributed by atoms with Gasteiger partial charge in [0.05, 0.1) is 12.7 Å². The van der Waals surface area contributed by atoms with Gasteiger partial charge in [0.1, 0.15) is 5.69 Å². The van der Waals surface area contributed by atoms with Crippen LogP contribution in [0.15, 0.2) is 6.20 Å². The number of H-pyrrole nitrogens is 1. The van der Waals surface area contributed by atoms with E-state index in [0.29, 0.717) is 13.0 Å². The molecular formula is C7H12N4O. The van der Waals surface area contributed by atoms with Crippen LogP contribution in [-0.4, -0.2) is 21.3 Å². The summed E-state index contributed by atoms with van der Waals surface area (Å²) in [7, 11) is 0. The van der Waals surface area contributed by atoms with Crippen LogP contribution in [-0.2, 0) is 11.3 Å². The first kappa shape index (κ1) is 8.70. The topological polar surface area (TPSA) is 70.7 Å². The van der Waals surface area contributed by atoms with Crippen molar-refractivity contribution in [3.8, 4) is 0 Å². The summed E-state index contributed by atoms with van der Waals surface area (Å²) in [6.07, 6.45) is 3.02. The summed E-state index contributed by atoms with van der Waals surface area (Å²) in [5, 5.41) is 12.6. The maximum Gasteiger partial charge on any atom is 0.220 e. The standard InChI is InChI=1S/C7H12N4O/c1-2-3-7(12)8-4-6-5-9-11-10-6/h5H,2-4H2,1H3,(H,8,12)(H,9,10,11). The van der Waals surface area contributed by atoms with E-state index in [0.717, 1.165) is 12.1 Å². The summed E-state index contributed by atoms with van der Waals surface area (Å²) in [6, 6.07) is 0. The van der Waals surface area contributed by atoms with Crippen molar-refractivity contribution in [1.82, 2.24) is 20.7 Å². The summed E-state index contributed by atoms with van der Waals surface area (Å²) in [5.74, 6) is 0.0560. The van der Waals surface area contributed by atoms with Gasteiger partial charge in [0.25, 0.3) is 0 Å². The Balaban J connectivity index is 2.22. The Hall–Kier alpha value is -1.39.